The van der Waals surface area contributed by atoms with Crippen molar-refractivity contribution in [2.45, 2.75) is 6.04 Å². The number of nitrogens with zero attached hydrogens (tertiary/aromatic N) is 3. The van der Waals surface area contributed by atoms with E-state index in [1.165, 1.54) is 0 Å². The fraction of sp³-hybridized carbons (Fsp3) is 0.182. The number of rotatable bonds is 3. The van der Waals surface area contributed by atoms with Crippen LogP contribution < -0.4 is 11.1 Å². The van der Waals surface area contributed by atoms with Crippen molar-refractivity contribution in [1.82, 2.24) is 14.8 Å². The number of carbonyl (C=O) groups excluding carboxylic acids is 1. The number of aryl methyl sites for hydroxylation is 1. The number of nitrogens with one attached hydrogen (secondary N) is 1. The van der Waals surface area contributed by atoms with Crippen LogP contribution in [-0.2, 0) is 11.8 Å². The molecule has 18 heavy (non-hydrogen) atoms. The summed E-state index contributed by atoms with van der Waals surface area (Å²) in [5.41, 5.74) is 7.15. The van der Waals surface area contributed by atoms with Crippen LogP contribution >= 0.6 is 15.9 Å². The van der Waals surface area contributed by atoms with Gasteiger partial charge in [0.1, 0.15) is 6.04 Å². The normalized spacial score (nSPS) is 12.2. The van der Waals surface area contributed by atoms with Crippen LogP contribution in [-0.4, -0.2) is 20.7 Å². The highest BCUT2D eigenvalue weighted by atomic mass is 79.9. The van der Waals surface area contributed by atoms with Crippen LogP contribution in [0.25, 0.3) is 0 Å². The van der Waals surface area contributed by atoms with Crippen molar-refractivity contribution in [3.63, 3.8) is 0 Å². The Balaban J connectivity index is 2.11. The number of anilines is 1. The zero-order chi connectivity index (χ0) is 13.1. The molecule has 6 nitrogen and oxygen atoms in total. The average molecular weight is 310 g/mol. The lowest BCUT2D eigenvalue weighted by molar-refractivity contribution is -0.117. The molecule has 0 fully saturated rings. The van der Waals surface area contributed by atoms with Gasteiger partial charge in [-0.15, -0.1) is 0 Å². The van der Waals surface area contributed by atoms with Crippen molar-refractivity contribution in [3.8, 4) is 0 Å². The molecule has 0 spiro atoms. The minimum atomic E-state index is -0.751. The second kappa shape index (κ2) is 5.28. The SMILES string of the molecule is Cn1cc(C(N)C(=O)Nc2ccncc2Br)cn1. The van der Waals surface area contributed by atoms with Gasteiger partial charge in [0, 0.05) is 31.2 Å². The first kappa shape index (κ1) is 12.7. The third kappa shape index (κ3) is 2.74. The second-order valence-corrected chi connectivity index (χ2v) is 4.62. The summed E-state index contributed by atoms with van der Waals surface area (Å²) in [6, 6.07) is 0.941. The highest BCUT2D eigenvalue weighted by Crippen LogP contribution is 2.21. The van der Waals surface area contributed by atoms with E-state index >= 15 is 0 Å². The van der Waals surface area contributed by atoms with Crippen LogP contribution in [0.4, 0.5) is 5.69 Å². The molecule has 2 aromatic rings. The molecule has 0 aromatic carbocycles. The highest BCUT2D eigenvalue weighted by molar-refractivity contribution is 9.10. The summed E-state index contributed by atoms with van der Waals surface area (Å²) in [5.74, 6) is -0.296. The predicted molar refractivity (Wildman–Crippen MR) is 70.7 cm³/mol. The maximum absolute atomic E-state index is 12.0. The van der Waals surface area contributed by atoms with E-state index in [2.05, 4.69) is 31.3 Å². The van der Waals surface area contributed by atoms with Crippen LogP contribution in [0.2, 0.25) is 0 Å². The molecule has 2 rings (SSSR count). The predicted octanol–water partition coefficient (Wildman–Crippen LogP) is 1.22. The number of carbonyl (C=O) groups is 1. The molecular weight excluding hydrogens is 298 g/mol. The average Bonchev–Trinajstić information content (AvgIpc) is 2.78. The van der Waals surface area contributed by atoms with Gasteiger partial charge in [-0.2, -0.15) is 5.10 Å². The van der Waals surface area contributed by atoms with Crippen LogP contribution in [0.5, 0.6) is 0 Å². The summed E-state index contributed by atoms with van der Waals surface area (Å²) >= 11 is 3.30. The standard InChI is InChI=1S/C11H12BrN5O/c1-17-6-7(4-15-17)10(13)11(18)16-9-2-3-14-5-8(9)12/h2-6,10H,13H2,1H3,(H,14,16,18). The second-order valence-electron chi connectivity index (χ2n) is 3.77. The minimum absolute atomic E-state index is 0.296. The van der Waals surface area contributed by atoms with E-state index in [1.54, 1.807) is 42.6 Å². The van der Waals surface area contributed by atoms with Crippen molar-refractivity contribution in [3.05, 3.63) is 40.9 Å². The molecule has 0 saturated heterocycles. The molecule has 0 aliphatic heterocycles. The zero-order valence-electron chi connectivity index (χ0n) is 9.67. The van der Waals surface area contributed by atoms with Gasteiger partial charge >= 0.3 is 0 Å². The van der Waals surface area contributed by atoms with Gasteiger partial charge in [-0.3, -0.25) is 14.5 Å². The lowest BCUT2D eigenvalue weighted by Crippen LogP contribution is -2.27. The minimum Gasteiger partial charge on any atom is -0.323 e. The highest BCUT2D eigenvalue weighted by Gasteiger charge is 2.18. The molecule has 1 atom stereocenters. The number of amides is 1. The molecule has 2 aromatic heterocycles. The lowest BCUT2D eigenvalue weighted by Gasteiger charge is -2.11. The topological polar surface area (TPSA) is 85.8 Å². The van der Waals surface area contributed by atoms with E-state index in [1.807, 2.05) is 0 Å². The number of nitrogens with two attached hydrogens (primary N) is 1. The Kier molecular flexibility index (Phi) is 3.73. The summed E-state index contributed by atoms with van der Waals surface area (Å²) in [6.07, 6.45) is 6.48. The summed E-state index contributed by atoms with van der Waals surface area (Å²) < 4.78 is 2.31. The Morgan fingerprint density at radius 1 is 1.56 bits per heavy atom. The molecule has 0 radical (unpaired) electrons. The Bertz CT molecular complexity index is 568. The molecule has 0 bridgehead atoms. The van der Waals surface area contributed by atoms with Crippen molar-refractivity contribution < 1.29 is 4.79 Å². The van der Waals surface area contributed by atoms with Crippen LogP contribution in [0.3, 0.4) is 0 Å². The first-order valence-corrected chi connectivity index (χ1v) is 6.01. The maximum atomic E-state index is 12.0. The van der Waals surface area contributed by atoms with Crippen molar-refractivity contribution in [2.75, 3.05) is 5.32 Å². The van der Waals surface area contributed by atoms with Gasteiger partial charge < -0.3 is 11.1 Å². The molecule has 3 N–H and O–H groups in total. The quantitative estimate of drug-likeness (QED) is 0.892. The smallest absolute Gasteiger partial charge is 0.246 e. The van der Waals surface area contributed by atoms with Gasteiger partial charge in [-0.1, -0.05) is 0 Å². The van der Waals surface area contributed by atoms with Gasteiger partial charge in [0.2, 0.25) is 5.91 Å². The molecule has 2 heterocycles. The molecular formula is C11H12BrN5O. The summed E-state index contributed by atoms with van der Waals surface area (Å²) in [4.78, 5) is 15.9. The molecule has 0 aliphatic carbocycles. The van der Waals surface area contributed by atoms with E-state index in [-0.39, 0.29) is 5.91 Å². The fourth-order valence-corrected chi connectivity index (χ4v) is 1.79. The summed E-state index contributed by atoms with van der Waals surface area (Å²) in [5, 5.41) is 6.71. The first-order valence-electron chi connectivity index (χ1n) is 5.22. The van der Waals surface area contributed by atoms with E-state index in [0.29, 0.717) is 15.7 Å². The van der Waals surface area contributed by atoms with Crippen LogP contribution in [0.15, 0.2) is 35.3 Å². The third-order valence-corrected chi connectivity index (χ3v) is 3.03. The maximum Gasteiger partial charge on any atom is 0.246 e. The monoisotopic (exact) mass is 309 g/mol. The number of pyridine rings is 1. The van der Waals surface area contributed by atoms with Crippen LogP contribution in [0, 0.1) is 0 Å². The molecule has 1 unspecified atom stereocenters. The number of hydrogen-bond donors (Lipinski definition) is 2. The van der Waals surface area contributed by atoms with Gasteiger partial charge in [-0.25, -0.2) is 0 Å². The van der Waals surface area contributed by atoms with Crippen molar-refractivity contribution in [1.29, 1.82) is 0 Å². The van der Waals surface area contributed by atoms with E-state index < -0.39 is 6.04 Å². The van der Waals surface area contributed by atoms with Crippen LogP contribution in [0.1, 0.15) is 11.6 Å². The largest absolute Gasteiger partial charge is 0.323 e. The molecule has 1 amide bonds. The van der Waals surface area contributed by atoms with Gasteiger partial charge in [0.05, 0.1) is 16.4 Å². The first-order chi connectivity index (χ1) is 8.58. The Morgan fingerprint density at radius 3 is 2.94 bits per heavy atom. The zero-order valence-corrected chi connectivity index (χ0v) is 11.3. The molecule has 0 aliphatic rings. The van der Waals surface area contributed by atoms with E-state index in [4.69, 9.17) is 5.73 Å². The van der Waals surface area contributed by atoms with E-state index in [0.717, 1.165) is 0 Å². The Labute approximate surface area is 112 Å². The molecule has 7 heteroatoms. The number of aromatic nitrogens is 3. The van der Waals surface area contributed by atoms with E-state index in [9.17, 15) is 4.79 Å². The number of halogens is 1. The van der Waals surface area contributed by atoms with Crippen molar-refractivity contribution >= 4 is 27.5 Å². The fourth-order valence-electron chi connectivity index (χ4n) is 1.44. The summed E-state index contributed by atoms with van der Waals surface area (Å²) in [6.45, 7) is 0. The van der Waals surface area contributed by atoms with Gasteiger partial charge in [0.15, 0.2) is 0 Å². The lowest BCUT2D eigenvalue weighted by atomic mass is 10.1. The Hall–Kier alpha value is -1.73. The van der Waals surface area contributed by atoms with Gasteiger partial charge in [0.25, 0.3) is 0 Å². The van der Waals surface area contributed by atoms with Gasteiger partial charge in [-0.05, 0) is 22.0 Å². The summed E-state index contributed by atoms with van der Waals surface area (Å²) in [7, 11) is 1.77. The van der Waals surface area contributed by atoms with Crippen molar-refractivity contribution in [2.24, 2.45) is 12.8 Å². The Morgan fingerprint density at radius 2 is 2.33 bits per heavy atom. The third-order valence-electron chi connectivity index (χ3n) is 2.40. The number of hydrogen-bond acceptors (Lipinski definition) is 4. The molecule has 0 saturated carbocycles. The molecule has 94 valence electrons.